The van der Waals surface area contributed by atoms with E-state index in [1.54, 1.807) is 7.11 Å². The van der Waals surface area contributed by atoms with E-state index in [2.05, 4.69) is 15.1 Å². The molecule has 1 amide bonds. The summed E-state index contributed by atoms with van der Waals surface area (Å²) in [4.78, 5) is 17.5. The van der Waals surface area contributed by atoms with Crippen LogP contribution in [-0.2, 0) is 16.0 Å². The number of hydrogen-bond acceptors (Lipinski definition) is 5. The number of halogens is 1. The van der Waals surface area contributed by atoms with Gasteiger partial charge in [-0.3, -0.25) is 14.6 Å². The van der Waals surface area contributed by atoms with E-state index in [0.29, 0.717) is 18.2 Å². The van der Waals surface area contributed by atoms with Gasteiger partial charge in [0.15, 0.2) is 0 Å². The molecule has 1 N–H and O–H groups in total. The van der Waals surface area contributed by atoms with Crippen molar-refractivity contribution in [1.82, 2.24) is 15.1 Å². The molecule has 4 rings (SSSR count). The van der Waals surface area contributed by atoms with Gasteiger partial charge in [-0.05, 0) is 37.3 Å². The lowest BCUT2D eigenvalue weighted by atomic mass is 9.96. The average Bonchev–Trinajstić information content (AvgIpc) is 3.00. The fourth-order valence-corrected chi connectivity index (χ4v) is 5.27. The van der Waals surface area contributed by atoms with Gasteiger partial charge in [0, 0.05) is 44.2 Å². The highest BCUT2D eigenvalue weighted by molar-refractivity contribution is 5.77. The molecular weight excluding hydrogens is 385 g/mol. The number of carbonyl (C=O) groups is 1. The van der Waals surface area contributed by atoms with Crippen LogP contribution >= 0.6 is 0 Å². The van der Waals surface area contributed by atoms with Gasteiger partial charge in [0.2, 0.25) is 5.91 Å². The van der Waals surface area contributed by atoms with Crippen molar-refractivity contribution < 1.29 is 18.7 Å². The summed E-state index contributed by atoms with van der Waals surface area (Å²) in [6.45, 7) is 4.29. The number of methoxy groups -OCH3 is 1. The van der Waals surface area contributed by atoms with Gasteiger partial charge in [-0.15, -0.1) is 0 Å². The quantitative estimate of drug-likeness (QED) is 0.795. The molecule has 30 heavy (non-hydrogen) atoms. The summed E-state index contributed by atoms with van der Waals surface area (Å²) < 4.78 is 24.6. The molecule has 3 saturated heterocycles. The molecule has 3 fully saturated rings. The minimum Gasteiger partial charge on any atom is -0.496 e. The first-order chi connectivity index (χ1) is 14.6. The first-order valence-electron chi connectivity index (χ1n) is 11.3. The lowest BCUT2D eigenvalue weighted by Crippen LogP contribution is -2.60. The summed E-state index contributed by atoms with van der Waals surface area (Å²) in [6.07, 6.45) is 6.98. The number of carbonyl (C=O) groups excluding carboxylic acids is 1. The predicted octanol–water partition coefficient (Wildman–Crippen LogP) is 2.56. The van der Waals surface area contributed by atoms with Crippen molar-refractivity contribution in [2.45, 2.75) is 63.2 Å². The van der Waals surface area contributed by atoms with Crippen LogP contribution in [0.2, 0.25) is 0 Å². The number of hydrogen-bond donors (Lipinski definition) is 1. The molecule has 166 valence electrons. The predicted molar refractivity (Wildman–Crippen MR) is 113 cm³/mol. The molecule has 6 nitrogen and oxygen atoms in total. The molecule has 3 aliphatic rings. The second-order valence-corrected chi connectivity index (χ2v) is 8.73. The van der Waals surface area contributed by atoms with Crippen LogP contribution in [0, 0.1) is 5.82 Å². The maximum Gasteiger partial charge on any atom is 0.222 e. The summed E-state index contributed by atoms with van der Waals surface area (Å²) in [5.41, 5.74) is 1.03. The van der Waals surface area contributed by atoms with E-state index >= 15 is 0 Å². The molecule has 0 bridgehead atoms. The SMILES string of the molecule is COc1cc(F)ccc1C[C@H]1CCCCCN1C1CC(N2CCOCC2)CC(=O)N1. The third kappa shape index (κ3) is 5.13. The van der Waals surface area contributed by atoms with Gasteiger partial charge in [0.1, 0.15) is 11.6 Å². The number of piperidine rings is 1. The van der Waals surface area contributed by atoms with Gasteiger partial charge in [-0.2, -0.15) is 0 Å². The molecule has 0 radical (unpaired) electrons. The zero-order chi connectivity index (χ0) is 20.9. The van der Waals surface area contributed by atoms with Crippen LogP contribution in [0.15, 0.2) is 18.2 Å². The maximum absolute atomic E-state index is 13.7. The van der Waals surface area contributed by atoms with E-state index in [9.17, 15) is 9.18 Å². The van der Waals surface area contributed by atoms with Crippen LogP contribution in [-0.4, -0.2) is 73.9 Å². The molecule has 3 heterocycles. The van der Waals surface area contributed by atoms with Crippen molar-refractivity contribution in [3.05, 3.63) is 29.6 Å². The van der Waals surface area contributed by atoms with Crippen molar-refractivity contribution in [2.24, 2.45) is 0 Å². The van der Waals surface area contributed by atoms with Crippen molar-refractivity contribution in [2.75, 3.05) is 40.0 Å². The summed E-state index contributed by atoms with van der Waals surface area (Å²) in [6, 6.07) is 5.40. The van der Waals surface area contributed by atoms with Gasteiger partial charge in [-0.25, -0.2) is 4.39 Å². The minimum absolute atomic E-state index is 0.0497. The topological polar surface area (TPSA) is 54.0 Å². The Morgan fingerprint density at radius 2 is 2.03 bits per heavy atom. The van der Waals surface area contributed by atoms with Crippen molar-refractivity contribution in [3.8, 4) is 5.75 Å². The average molecular weight is 420 g/mol. The first-order valence-corrected chi connectivity index (χ1v) is 11.3. The number of nitrogens with zero attached hydrogens (tertiary/aromatic N) is 2. The highest BCUT2D eigenvalue weighted by Gasteiger charge is 2.37. The number of likely N-dealkylation sites (tertiary alicyclic amines) is 1. The molecule has 0 saturated carbocycles. The Hall–Kier alpha value is -1.70. The third-order valence-electron chi connectivity index (χ3n) is 6.83. The van der Waals surface area contributed by atoms with Gasteiger partial charge < -0.3 is 14.8 Å². The first kappa shape index (κ1) is 21.5. The van der Waals surface area contributed by atoms with Crippen molar-refractivity contribution >= 4 is 5.91 Å². The number of amides is 1. The standard InChI is InChI=1S/C23H34FN3O3/c1-29-21-14-18(24)7-6-17(21)13-19-5-3-2-4-8-27(19)22-15-20(16-23(28)25-22)26-9-11-30-12-10-26/h6-7,14,19-20,22H,2-5,8-13,15-16H2,1H3,(H,25,28)/t19-,20?,22?/m1/s1. The normalized spacial score (nSPS) is 29.3. The Kier molecular flexibility index (Phi) is 7.23. The molecular formula is C23H34FN3O3. The molecule has 3 atom stereocenters. The van der Waals surface area contributed by atoms with Crippen LogP contribution in [0.3, 0.4) is 0 Å². The summed E-state index contributed by atoms with van der Waals surface area (Å²) >= 11 is 0. The van der Waals surface area contributed by atoms with E-state index in [4.69, 9.17) is 9.47 Å². The number of morpholine rings is 1. The molecule has 1 aromatic carbocycles. The summed E-state index contributed by atoms with van der Waals surface area (Å²) in [7, 11) is 1.59. The number of rotatable bonds is 5. The van der Waals surface area contributed by atoms with Crippen molar-refractivity contribution in [1.29, 1.82) is 0 Å². The molecule has 7 heteroatoms. The second kappa shape index (κ2) is 10.1. The molecule has 0 spiro atoms. The summed E-state index contributed by atoms with van der Waals surface area (Å²) in [5.74, 6) is 0.476. The fraction of sp³-hybridized carbons (Fsp3) is 0.696. The van der Waals surface area contributed by atoms with E-state index < -0.39 is 0 Å². The lowest BCUT2D eigenvalue weighted by molar-refractivity contribution is -0.129. The maximum atomic E-state index is 13.7. The van der Waals surface area contributed by atoms with E-state index in [0.717, 1.165) is 64.1 Å². The zero-order valence-electron chi connectivity index (χ0n) is 17.9. The van der Waals surface area contributed by atoms with Gasteiger partial charge in [0.05, 0.1) is 26.5 Å². The lowest BCUT2D eigenvalue weighted by Gasteiger charge is -2.45. The Morgan fingerprint density at radius 3 is 2.83 bits per heavy atom. The molecule has 2 unspecified atom stereocenters. The van der Waals surface area contributed by atoms with Crippen LogP contribution in [0.4, 0.5) is 4.39 Å². The van der Waals surface area contributed by atoms with E-state index in [-0.39, 0.29) is 23.9 Å². The zero-order valence-corrected chi connectivity index (χ0v) is 17.9. The molecule has 3 aliphatic heterocycles. The van der Waals surface area contributed by atoms with Gasteiger partial charge >= 0.3 is 0 Å². The van der Waals surface area contributed by atoms with Crippen molar-refractivity contribution in [3.63, 3.8) is 0 Å². The highest BCUT2D eigenvalue weighted by atomic mass is 19.1. The largest absolute Gasteiger partial charge is 0.496 e. The Labute approximate surface area is 178 Å². The number of nitrogens with one attached hydrogen (secondary N) is 1. The highest BCUT2D eigenvalue weighted by Crippen LogP contribution is 2.29. The van der Waals surface area contributed by atoms with Crippen LogP contribution in [0.5, 0.6) is 5.75 Å². The molecule has 0 aromatic heterocycles. The van der Waals surface area contributed by atoms with Gasteiger partial charge in [-0.1, -0.05) is 18.9 Å². The summed E-state index contributed by atoms with van der Waals surface area (Å²) in [5, 5.41) is 3.27. The smallest absolute Gasteiger partial charge is 0.222 e. The van der Waals surface area contributed by atoms with Crippen LogP contribution in [0.1, 0.15) is 44.1 Å². The second-order valence-electron chi connectivity index (χ2n) is 8.73. The van der Waals surface area contributed by atoms with Gasteiger partial charge in [0.25, 0.3) is 0 Å². The Morgan fingerprint density at radius 1 is 1.20 bits per heavy atom. The third-order valence-corrected chi connectivity index (χ3v) is 6.83. The monoisotopic (exact) mass is 419 g/mol. The van der Waals surface area contributed by atoms with Crippen LogP contribution < -0.4 is 10.1 Å². The Balaban J connectivity index is 1.51. The number of ether oxygens (including phenoxy) is 2. The fourth-order valence-electron chi connectivity index (χ4n) is 5.27. The number of benzene rings is 1. The van der Waals surface area contributed by atoms with Crippen LogP contribution in [0.25, 0.3) is 0 Å². The molecule has 0 aliphatic carbocycles. The van der Waals surface area contributed by atoms with E-state index in [1.165, 1.54) is 25.0 Å². The van der Waals surface area contributed by atoms with E-state index in [1.807, 2.05) is 6.07 Å². The Bertz CT molecular complexity index is 726. The molecule has 1 aromatic rings. The minimum atomic E-state index is -0.277.